The highest BCUT2D eigenvalue weighted by Crippen LogP contribution is 2.32. The highest BCUT2D eigenvalue weighted by Gasteiger charge is 2.27. The molecule has 0 unspecified atom stereocenters. The van der Waals surface area contributed by atoms with E-state index in [0.717, 1.165) is 12.1 Å². The Balaban J connectivity index is 1.73. The number of carbonyl (C=O) groups excluding carboxylic acids is 1. The second-order valence-corrected chi connectivity index (χ2v) is 6.83. The predicted octanol–water partition coefficient (Wildman–Crippen LogP) is 3.46. The molecule has 0 bridgehead atoms. The summed E-state index contributed by atoms with van der Waals surface area (Å²) in [4.78, 5) is 22.8. The molecule has 26 heavy (non-hydrogen) atoms. The van der Waals surface area contributed by atoms with Crippen molar-refractivity contribution >= 4 is 35.1 Å². The van der Waals surface area contributed by atoms with Gasteiger partial charge >= 0.3 is 5.69 Å². The topological polar surface area (TPSA) is 104 Å². The third-order valence-corrected chi connectivity index (χ3v) is 4.91. The maximum Gasteiger partial charge on any atom is 0.311 e. The molecule has 1 heterocycles. The minimum atomic E-state index is -0.663. The van der Waals surface area contributed by atoms with Crippen molar-refractivity contribution in [3.05, 3.63) is 68.6 Å². The number of benzene rings is 2. The van der Waals surface area contributed by atoms with E-state index < -0.39 is 16.4 Å². The average Bonchev–Trinajstić information content (AvgIpc) is 2.96. The van der Waals surface area contributed by atoms with E-state index in [-0.39, 0.29) is 11.4 Å². The molecule has 1 amide bonds. The number of nitrogens with one attached hydrogen (secondary N) is 2. The van der Waals surface area contributed by atoms with Gasteiger partial charge in [0, 0.05) is 11.8 Å². The zero-order valence-corrected chi connectivity index (χ0v) is 14.7. The van der Waals surface area contributed by atoms with Crippen molar-refractivity contribution in [2.75, 3.05) is 5.32 Å². The molecule has 3 N–H and O–H groups in total. The number of carbonyl (C=O) groups is 1. The van der Waals surface area contributed by atoms with E-state index in [1.807, 2.05) is 24.3 Å². The lowest BCUT2D eigenvalue weighted by molar-refractivity contribution is -0.385. The Kier molecular flexibility index (Phi) is 5.13. The first-order chi connectivity index (χ1) is 12.5. The number of aryl methyl sites for hydroxylation is 1. The van der Waals surface area contributed by atoms with Crippen LogP contribution in [0.15, 0.2) is 47.4 Å². The lowest BCUT2D eigenvalue weighted by Gasteiger charge is -2.12. The number of thioether (sulfide) groups is 1. The Morgan fingerprint density at radius 1 is 1.31 bits per heavy atom. The molecule has 1 aliphatic rings. The summed E-state index contributed by atoms with van der Waals surface area (Å²) in [5.74, 6) is -0.663. The van der Waals surface area contributed by atoms with Gasteiger partial charge in [0.2, 0.25) is 0 Å². The van der Waals surface area contributed by atoms with Gasteiger partial charge < -0.3 is 15.7 Å². The lowest BCUT2D eigenvalue weighted by atomic mass is 10.1. The molecule has 1 saturated heterocycles. The first-order valence-electron chi connectivity index (χ1n) is 7.98. The fourth-order valence-electron chi connectivity index (χ4n) is 2.48. The monoisotopic (exact) mass is 371 g/mol. The number of nitro groups is 1. The van der Waals surface area contributed by atoms with Crippen LogP contribution in [-0.4, -0.2) is 21.4 Å². The number of amides is 1. The summed E-state index contributed by atoms with van der Waals surface area (Å²) in [5.41, 5.74) is 1.87. The van der Waals surface area contributed by atoms with E-state index in [2.05, 4.69) is 17.6 Å². The van der Waals surface area contributed by atoms with Crippen molar-refractivity contribution in [3.8, 4) is 5.75 Å². The van der Waals surface area contributed by atoms with Gasteiger partial charge in [-0.05, 0) is 41.8 Å². The van der Waals surface area contributed by atoms with Crippen molar-refractivity contribution in [2.45, 2.75) is 18.8 Å². The lowest BCUT2D eigenvalue weighted by Crippen LogP contribution is -2.30. The van der Waals surface area contributed by atoms with Crippen molar-refractivity contribution in [2.24, 2.45) is 0 Å². The number of rotatable bonds is 5. The molecular weight excluding hydrogens is 354 g/mol. The van der Waals surface area contributed by atoms with Gasteiger partial charge in [0.25, 0.3) is 5.91 Å². The second-order valence-electron chi connectivity index (χ2n) is 5.68. The number of phenols is 1. The summed E-state index contributed by atoms with van der Waals surface area (Å²) in [6, 6.07) is 12.0. The molecule has 0 aromatic heterocycles. The molecule has 0 saturated carbocycles. The number of phenolic OH excluding ortho intramolecular Hbond substituents is 1. The van der Waals surface area contributed by atoms with Crippen LogP contribution < -0.4 is 10.6 Å². The standard InChI is InChI=1S/C18H17N3O4S/c1-2-11-3-6-13(7-4-11)19-18-20-17(23)16(26-18)10-12-5-8-15(22)14(9-12)21(24)25/h3-10,18-19,22H,2H2,1H3,(H,20,23)/b16-10-/t18-/m0/s1. The number of hydrogen-bond donors (Lipinski definition) is 3. The molecule has 2 aromatic rings. The van der Waals surface area contributed by atoms with Crippen LogP contribution >= 0.6 is 11.8 Å². The second kappa shape index (κ2) is 7.49. The van der Waals surface area contributed by atoms with Gasteiger partial charge in [-0.3, -0.25) is 14.9 Å². The third-order valence-electron chi connectivity index (χ3n) is 3.88. The van der Waals surface area contributed by atoms with Crippen molar-refractivity contribution in [1.29, 1.82) is 0 Å². The number of nitro benzene ring substituents is 1. The summed E-state index contributed by atoms with van der Waals surface area (Å²) in [7, 11) is 0. The normalized spacial score (nSPS) is 18.0. The first kappa shape index (κ1) is 17.8. The molecule has 3 rings (SSSR count). The van der Waals surface area contributed by atoms with Crippen LogP contribution in [0.2, 0.25) is 0 Å². The van der Waals surface area contributed by atoms with E-state index in [9.17, 15) is 20.0 Å². The van der Waals surface area contributed by atoms with E-state index in [0.29, 0.717) is 10.5 Å². The molecule has 1 aliphatic heterocycles. The summed E-state index contributed by atoms with van der Waals surface area (Å²) >= 11 is 1.29. The average molecular weight is 371 g/mol. The van der Waals surface area contributed by atoms with Crippen LogP contribution in [0, 0.1) is 10.1 Å². The minimum Gasteiger partial charge on any atom is -0.502 e. The summed E-state index contributed by atoms with van der Waals surface area (Å²) < 4.78 is 0. The fourth-order valence-corrected chi connectivity index (χ4v) is 3.47. The largest absolute Gasteiger partial charge is 0.502 e. The highest BCUT2D eigenvalue weighted by atomic mass is 32.2. The van der Waals surface area contributed by atoms with Crippen molar-refractivity contribution < 1.29 is 14.8 Å². The molecule has 134 valence electrons. The highest BCUT2D eigenvalue weighted by molar-refractivity contribution is 8.05. The van der Waals surface area contributed by atoms with Gasteiger partial charge in [-0.15, -0.1) is 0 Å². The third kappa shape index (κ3) is 3.97. The molecular formula is C18H17N3O4S. The fraction of sp³-hybridized carbons (Fsp3) is 0.167. The predicted molar refractivity (Wildman–Crippen MR) is 102 cm³/mol. The van der Waals surface area contributed by atoms with Crippen molar-refractivity contribution in [1.82, 2.24) is 5.32 Å². The number of aromatic hydroxyl groups is 1. The van der Waals surface area contributed by atoms with Crippen LogP contribution in [0.4, 0.5) is 11.4 Å². The molecule has 0 spiro atoms. The van der Waals surface area contributed by atoms with Gasteiger partial charge in [-0.2, -0.15) is 0 Å². The number of nitrogens with zero attached hydrogens (tertiary/aromatic N) is 1. The Bertz CT molecular complexity index is 881. The molecule has 8 heteroatoms. The van der Waals surface area contributed by atoms with Gasteiger partial charge in [0.15, 0.2) is 11.2 Å². The van der Waals surface area contributed by atoms with Crippen molar-refractivity contribution in [3.63, 3.8) is 0 Å². The summed E-state index contributed by atoms with van der Waals surface area (Å²) in [5, 5.41) is 26.4. The molecule has 0 aliphatic carbocycles. The summed E-state index contributed by atoms with van der Waals surface area (Å²) in [6.07, 6.45) is 2.52. The van der Waals surface area contributed by atoms with E-state index in [4.69, 9.17) is 0 Å². The van der Waals surface area contributed by atoms with Gasteiger partial charge in [-0.25, -0.2) is 0 Å². The summed E-state index contributed by atoms with van der Waals surface area (Å²) in [6.45, 7) is 2.08. The zero-order chi connectivity index (χ0) is 18.7. The van der Waals surface area contributed by atoms with E-state index >= 15 is 0 Å². The molecule has 1 atom stereocenters. The van der Waals surface area contributed by atoms with Crippen LogP contribution in [0.3, 0.4) is 0 Å². The maximum absolute atomic E-state index is 12.1. The Labute approximate surface area is 154 Å². The van der Waals surface area contributed by atoms with Gasteiger partial charge in [0.1, 0.15) is 0 Å². The van der Waals surface area contributed by atoms with Crippen LogP contribution in [0.1, 0.15) is 18.1 Å². The smallest absolute Gasteiger partial charge is 0.311 e. The van der Waals surface area contributed by atoms with Crippen LogP contribution in [-0.2, 0) is 11.2 Å². The van der Waals surface area contributed by atoms with Gasteiger partial charge in [-0.1, -0.05) is 36.9 Å². The molecule has 2 aromatic carbocycles. The Morgan fingerprint density at radius 3 is 2.69 bits per heavy atom. The maximum atomic E-state index is 12.1. The van der Waals surface area contributed by atoms with E-state index in [1.54, 1.807) is 6.08 Å². The SMILES string of the molecule is CCc1ccc(N[C@H]2NC(=O)/C(=C/c3ccc(O)c([N+](=O)[O-])c3)S2)cc1. The number of anilines is 1. The zero-order valence-electron chi connectivity index (χ0n) is 13.9. The molecule has 1 fully saturated rings. The van der Waals surface area contributed by atoms with Crippen LogP contribution in [0.5, 0.6) is 5.75 Å². The number of hydrogen-bond acceptors (Lipinski definition) is 6. The Morgan fingerprint density at radius 2 is 2.04 bits per heavy atom. The van der Waals surface area contributed by atoms with Gasteiger partial charge in [0.05, 0.1) is 9.83 Å². The van der Waals surface area contributed by atoms with E-state index in [1.165, 1.54) is 35.5 Å². The Hall–Kier alpha value is -3.00. The van der Waals surface area contributed by atoms with Crippen LogP contribution in [0.25, 0.3) is 6.08 Å². The molecule has 0 radical (unpaired) electrons. The molecule has 7 nitrogen and oxygen atoms in total. The minimum absolute atomic E-state index is 0.256. The first-order valence-corrected chi connectivity index (χ1v) is 8.86. The quantitative estimate of drug-likeness (QED) is 0.422.